The number of aryl methyl sites for hydroxylation is 3. The molecule has 0 saturated heterocycles. The SMILES string of the molecule is CCc1ccc(C(=O)NNC(=O)CCc2cccc(C)c2)cc1. The fraction of sp³-hybridized carbons (Fsp3) is 0.263. The maximum absolute atomic E-state index is 11.9. The molecule has 0 aliphatic rings. The number of benzene rings is 2. The average Bonchev–Trinajstić information content (AvgIpc) is 2.58. The predicted octanol–water partition coefficient (Wildman–Crippen LogP) is 2.95. The first-order valence-corrected chi connectivity index (χ1v) is 7.82. The monoisotopic (exact) mass is 310 g/mol. The van der Waals surface area contributed by atoms with Crippen LogP contribution in [0.15, 0.2) is 48.5 Å². The molecule has 0 atom stereocenters. The van der Waals surface area contributed by atoms with Crippen LogP contribution in [0.1, 0.15) is 40.4 Å². The van der Waals surface area contributed by atoms with Gasteiger partial charge in [0, 0.05) is 12.0 Å². The van der Waals surface area contributed by atoms with Crippen LogP contribution in [0.4, 0.5) is 0 Å². The summed E-state index contributed by atoms with van der Waals surface area (Å²) in [4.78, 5) is 23.8. The van der Waals surface area contributed by atoms with E-state index in [1.807, 2.05) is 37.3 Å². The summed E-state index contributed by atoms with van der Waals surface area (Å²) in [5.74, 6) is -0.512. The van der Waals surface area contributed by atoms with Gasteiger partial charge >= 0.3 is 0 Å². The van der Waals surface area contributed by atoms with Crippen molar-refractivity contribution >= 4 is 11.8 Å². The fourth-order valence-corrected chi connectivity index (χ4v) is 2.28. The zero-order valence-electron chi connectivity index (χ0n) is 13.6. The molecule has 0 unspecified atom stereocenters. The van der Waals surface area contributed by atoms with Crippen LogP contribution in [-0.2, 0) is 17.6 Å². The molecule has 23 heavy (non-hydrogen) atoms. The minimum Gasteiger partial charge on any atom is -0.273 e. The quantitative estimate of drug-likeness (QED) is 0.834. The Hall–Kier alpha value is -2.62. The molecular weight excluding hydrogens is 288 g/mol. The molecule has 0 bridgehead atoms. The number of hydrazine groups is 1. The molecule has 2 rings (SSSR count). The van der Waals surface area contributed by atoms with Crippen molar-refractivity contribution in [1.29, 1.82) is 0 Å². The average molecular weight is 310 g/mol. The summed E-state index contributed by atoms with van der Waals surface area (Å²) < 4.78 is 0. The summed E-state index contributed by atoms with van der Waals surface area (Å²) in [6.07, 6.45) is 1.91. The highest BCUT2D eigenvalue weighted by Gasteiger charge is 2.07. The zero-order valence-corrected chi connectivity index (χ0v) is 13.6. The van der Waals surface area contributed by atoms with Gasteiger partial charge in [-0.25, -0.2) is 0 Å². The highest BCUT2D eigenvalue weighted by Crippen LogP contribution is 2.07. The molecule has 0 saturated carbocycles. The summed E-state index contributed by atoms with van der Waals surface area (Å²) in [5, 5.41) is 0. The van der Waals surface area contributed by atoms with E-state index in [4.69, 9.17) is 0 Å². The second kappa shape index (κ2) is 8.13. The van der Waals surface area contributed by atoms with Crippen molar-refractivity contribution < 1.29 is 9.59 Å². The van der Waals surface area contributed by atoms with Crippen LogP contribution in [0.25, 0.3) is 0 Å². The van der Waals surface area contributed by atoms with Gasteiger partial charge in [-0.05, 0) is 43.0 Å². The number of amides is 2. The van der Waals surface area contributed by atoms with Gasteiger partial charge in [-0.2, -0.15) is 0 Å². The topological polar surface area (TPSA) is 58.2 Å². The van der Waals surface area contributed by atoms with E-state index in [1.165, 1.54) is 11.1 Å². The van der Waals surface area contributed by atoms with Gasteiger partial charge in [0.05, 0.1) is 0 Å². The molecule has 0 aliphatic carbocycles. The summed E-state index contributed by atoms with van der Waals surface area (Å²) in [6, 6.07) is 15.4. The molecule has 4 heteroatoms. The van der Waals surface area contributed by atoms with Crippen molar-refractivity contribution in [3.05, 3.63) is 70.8 Å². The van der Waals surface area contributed by atoms with E-state index >= 15 is 0 Å². The second-order valence-corrected chi connectivity index (χ2v) is 5.54. The molecule has 2 amide bonds. The van der Waals surface area contributed by atoms with E-state index in [2.05, 4.69) is 23.8 Å². The smallest absolute Gasteiger partial charge is 0.269 e. The van der Waals surface area contributed by atoms with Gasteiger partial charge in [-0.3, -0.25) is 20.4 Å². The second-order valence-electron chi connectivity index (χ2n) is 5.54. The third-order valence-corrected chi connectivity index (χ3v) is 3.66. The first-order chi connectivity index (χ1) is 11.1. The molecule has 120 valence electrons. The Kier molecular flexibility index (Phi) is 5.92. The first kappa shape index (κ1) is 16.7. The number of carbonyl (C=O) groups is 2. The van der Waals surface area contributed by atoms with Gasteiger partial charge in [-0.1, -0.05) is 48.9 Å². The number of nitrogens with one attached hydrogen (secondary N) is 2. The molecule has 0 spiro atoms. The molecule has 0 aromatic heterocycles. The van der Waals surface area contributed by atoms with Gasteiger partial charge in [0.15, 0.2) is 0 Å². The highest BCUT2D eigenvalue weighted by atomic mass is 16.2. The number of carbonyl (C=O) groups excluding carboxylic acids is 2. The van der Waals surface area contributed by atoms with Gasteiger partial charge in [0.2, 0.25) is 5.91 Å². The minimum absolute atomic E-state index is 0.204. The summed E-state index contributed by atoms with van der Waals surface area (Å²) in [5.41, 5.74) is 8.89. The van der Waals surface area contributed by atoms with E-state index in [1.54, 1.807) is 12.1 Å². The lowest BCUT2D eigenvalue weighted by molar-refractivity contribution is -0.121. The van der Waals surface area contributed by atoms with Gasteiger partial charge < -0.3 is 0 Å². The molecule has 0 heterocycles. The van der Waals surface area contributed by atoms with Crippen LogP contribution < -0.4 is 10.9 Å². The van der Waals surface area contributed by atoms with Crippen molar-refractivity contribution in [3.63, 3.8) is 0 Å². The number of hydrogen-bond acceptors (Lipinski definition) is 2. The van der Waals surface area contributed by atoms with Crippen LogP contribution >= 0.6 is 0 Å². The first-order valence-electron chi connectivity index (χ1n) is 7.82. The van der Waals surface area contributed by atoms with Crippen LogP contribution in [-0.4, -0.2) is 11.8 Å². The Balaban J connectivity index is 1.78. The molecule has 2 N–H and O–H groups in total. The third kappa shape index (κ3) is 5.25. The molecule has 0 aliphatic heterocycles. The maximum atomic E-state index is 11.9. The van der Waals surface area contributed by atoms with E-state index in [9.17, 15) is 9.59 Å². The molecular formula is C19H22N2O2. The molecule has 0 fully saturated rings. The van der Waals surface area contributed by atoms with Gasteiger partial charge in [0.1, 0.15) is 0 Å². The van der Waals surface area contributed by atoms with Crippen LogP contribution in [0.3, 0.4) is 0 Å². The van der Waals surface area contributed by atoms with Crippen LogP contribution in [0.2, 0.25) is 0 Å². The van der Waals surface area contributed by atoms with Crippen molar-refractivity contribution in [2.45, 2.75) is 33.1 Å². The van der Waals surface area contributed by atoms with Crippen molar-refractivity contribution in [2.75, 3.05) is 0 Å². The van der Waals surface area contributed by atoms with E-state index in [0.29, 0.717) is 18.4 Å². The fourth-order valence-electron chi connectivity index (χ4n) is 2.28. The predicted molar refractivity (Wildman–Crippen MR) is 90.9 cm³/mol. The summed E-state index contributed by atoms with van der Waals surface area (Å²) in [7, 11) is 0. The maximum Gasteiger partial charge on any atom is 0.269 e. The Labute approximate surface area is 136 Å². The van der Waals surface area contributed by atoms with Crippen molar-refractivity contribution in [2.24, 2.45) is 0 Å². The largest absolute Gasteiger partial charge is 0.273 e. The lowest BCUT2D eigenvalue weighted by Gasteiger charge is -2.08. The van der Waals surface area contributed by atoms with Gasteiger partial charge in [-0.15, -0.1) is 0 Å². The zero-order chi connectivity index (χ0) is 16.7. The summed E-state index contributed by atoms with van der Waals surface area (Å²) >= 11 is 0. The third-order valence-electron chi connectivity index (χ3n) is 3.66. The van der Waals surface area contributed by atoms with E-state index in [0.717, 1.165) is 12.0 Å². The van der Waals surface area contributed by atoms with Gasteiger partial charge in [0.25, 0.3) is 5.91 Å². The van der Waals surface area contributed by atoms with Crippen molar-refractivity contribution in [1.82, 2.24) is 10.9 Å². The van der Waals surface area contributed by atoms with Crippen LogP contribution in [0.5, 0.6) is 0 Å². The molecule has 2 aromatic rings. The normalized spacial score (nSPS) is 10.2. The lowest BCUT2D eigenvalue weighted by atomic mass is 10.1. The van der Waals surface area contributed by atoms with Crippen molar-refractivity contribution in [3.8, 4) is 0 Å². The molecule has 4 nitrogen and oxygen atoms in total. The molecule has 0 radical (unpaired) electrons. The van der Waals surface area contributed by atoms with E-state index < -0.39 is 0 Å². The Bertz CT molecular complexity index is 678. The number of rotatable bonds is 5. The summed E-state index contributed by atoms with van der Waals surface area (Å²) in [6.45, 7) is 4.08. The Morgan fingerprint density at radius 1 is 0.957 bits per heavy atom. The Morgan fingerprint density at radius 2 is 1.70 bits per heavy atom. The van der Waals surface area contributed by atoms with E-state index in [-0.39, 0.29) is 11.8 Å². The Morgan fingerprint density at radius 3 is 2.35 bits per heavy atom. The molecule has 2 aromatic carbocycles. The minimum atomic E-state index is -0.309. The lowest BCUT2D eigenvalue weighted by Crippen LogP contribution is -2.41. The standard InChI is InChI=1S/C19H22N2O2/c1-3-15-7-10-17(11-8-15)19(23)21-20-18(22)12-9-16-6-4-5-14(2)13-16/h4-8,10-11,13H,3,9,12H2,1-2H3,(H,20,22)(H,21,23). The van der Waals surface area contributed by atoms with Crippen LogP contribution in [0, 0.1) is 6.92 Å². The highest BCUT2D eigenvalue weighted by molar-refractivity contribution is 5.95. The number of hydrogen-bond donors (Lipinski definition) is 2.